The standard InChI is InChI=1S/C19H20N4O2/c24-19(20-12-16-7-4-10-25-16)15-8-9-18-17(11-15)21-22-23(18)13-14-5-2-1-3-6-14/h1-3,5-6,8-9,11,16H,4,7,10,12-13H2,(H,20,24)/t16-/m0/s1. The van der Waals surface area contributed by atoms with Crippen LogP contribution in [0.25, 0.3) is 11.0 Å². The molecule has 0 saturated carbocycles. The van der Waals surface area contributed by atoms with Crippen molar-refractivity contribution in [1.29, 1.82) is 0 Å². The molecule has 2 aromatic carbocycles. The third-order valence-corrected chi connectivity index (χ3v) is 4.47. The van der Waals surface area contributed by atoms with E-state index in [0.29, 0.717) is 18.7 Å². The largest absolute Gasteiger partial charge is 0.376 e. The van der Waals surface area contributed by atoms with Crippen LogP contribution in [0.3, 0.4) is 0 Å². The van der Waals surface area contributed by atoms with Crippen LogP contribution in [0.4, 0.5) is 0 Å². The molecular formula is C19H20N4O2. The molecule has 2 heterocycles. The molecule has 1 saturated heterocycles. The first-order valence-corrected chi connectivity index (χ1v) is 8.56. The molecule has 25 heavy (non-hydrogen) atoms. The summed E-state index contributed by atoms with van der Waals surface area (Å²) in [6.07, 6.45) is 2.21. The van der Waals surface area contributed by atoms with E-state index in [2.05, 4.69) is 27.8 Å². The highest BCUT2D eigenvalue weighted by Gasteiger charge is 2.17. The molecule has 128 valence electrons. The maximum Gasteiger partial charge on any atom is 0.251 e. The molecule has 1 aliphatic heterocycles. The molecule has 3 aromatic rings. The fourth-order valence-electron chi connectivity index (χ4n) is 3.10. The van der Waals surface area contributed by atoms with Crippen LogP contribution in [0.15, 0.2) is 48.5 Å². The van der Waals surface area contributed by atoms with Crippen LogP contribution in [-0.4, -0.2) is 40.2 Å². The van der Waals surface area contributed by atoms with E-state index in [-0.39, 0.29) is 12.0 Å². The van der Waals surface area contributed by atoms with Crippen molar-refractivity contribution < 1.29 is 9.53 Å². The van der Waals surface area contributed by atoms with Gasteiger partial charge in [0.05, 0.1) is 18.2 Å². The van der Waals surface area contributed by atoms with E-state index in [0.717, 1.165) is 36.0 Å². The summed E-state index contributed by atoms with van der Waals surface area (Å²) in [7, 11) is 0. The molecule has 1 aromatic heterocycles. The monoisotopic (exact) mass is 336 g/mol. The number of aromatic nitrogens is 3. The van der Waals surface area contributed by atoms with Crippen LogP contribution >= 0.6 is 0 Å². The number of hydrogen-bond donors (Lipinski definition) is 1. The normalized spacial score (nSPS) is 17.0. The van der Waals surface area contributed by atoms with Crippen LogP contribution in [0.2, 0.25) is 0 Å². The van der Waals surface area contributed by atoms with Gasteiger partial charge in [0.2, 0.25) is 0 Å². The van der Waals surface area contributed by atoms with Gasteiger partial charge in [0, 0.05) is 18.7 Å². The van der Waals surface area contributed by atoms with E-state index in [4.69, 9.17) is 4.74 Å². The Balaban J connectivity index is 1.48. The van der Waals surface area contributed by atoms with Gasteiger partial charge in [0.25, 0.3) is 5.91 Å². The molecular weight excluding hydrogens is 316 g/mol. The predicted octanol–water partition coefficient (Wildman–Crippen LogP) is 2.39. The van der Waals surface area contributed by atoms with Gasteiger partial charge in [-0.1, -0.05) is 35.5 Å². The van der Waals surface area contributed by atoms with Crippen LogP contribution in [0.1, 0.15) is 28.8 Å². The van der Waals surface area contributed by atoms with E-state index in [1.165, 1.54) is 0 Å². The maximum atomic E-state index is 12.3. The van der Waals surface area contributed by atoms with Crippen molar-refractivity contribution in [3.8, 4) is 0 Å². The molecule has 1 N–H and O–H groups in total. The first-order chi connectivity index (χ1) is 12.3. The van der Waals surface area contributed by atoms with Crippen LogP contribution in [-0.2, 0) is 11.3 Å². The summed E-state index contributed by atoms with van der Waals surface area (Å²) in [5.41, 5.74) is 3.39. The molecule has 4 rings (SSSR count). The lowest BCUT2D eigenvalue weighted by atomic mass is 10.1. The van der Waals surface area contributed by atoms with Crippen molar-refractivity contribution in [2.24, 2.45) is 0 Å². The van der Waals surface area contributed by atoms with Crippen molar-refractivity contribution in [3.05, 3.63) is 59.7 Å². The minimum atomic E-state index is -0.102. The molecule has 0 radical (unpaired) electrons. The average molecular weight is 336 g/mol. The Kier molecular flexibility index (Phi) is 4.43. The molecule has 0 bridgehead atoms. The number of nitrogens with one attached hydrogen (secondary N) is 1. The Morgan fingerprint density at radius 2 is 2.12 bits per heavy atom. The van der Waals surface area contributed by atoms with Gasteiger partial charge in [0.1, 0.15) is 5.52 Å². The smallest absolute Gasteiger partial charge is 0.251 e. The second-order valence-electron chi connectivity index (χ2n) is 6.28. The van der Waals surface area contributed by atoms with Crippen LogP contribution in [0.5, 0.6) is 0 Å². The first kappa shape index (κ1) is 15.8. The van der Waals surface area contributed by atoms with Crippen molar-refractivity contribution >= 4 is 16.9 Å². The summed E-state index contributed by atoms with van der Waals surface area (Å²) >= 11 is 0. The zero-order valence-corrected chi connectivity index (χ0v) is 13.9. The third kappa shape index (κ3) is 3.53. The third-order valence-electron chi connectivity index (χ3n) is 4.47. The van der Waals surface area contributed by atoms with Gasteiger partial charge in [-0.2, -0.15) is 0 Å². The molecule has 1 amide bonds. The Morgan fingerprint density at radius 3 is 2.92 bits per heavy atom. The highest BCUT2D eigenvalue weighted by Crippen LogP contribution is 2.16. The van der Waals surface area contributed by atoms with Gasteiger partial charge in [-0.25, -0.2) is 4.68 Å². The van der Waals surface area contributed by atoms with Gasteiger partial charge in [-0.15, -0.1) is 5.10 Å². The first-order valence-electron chi connectivity index (χ1n) is 8.56. The minimum Gasteiger partial charge on any atom is -0.376 e. The van der Waals surface area contributed by atoms with E-state index in [1.807, 2.05) is 35.0 Å². The Labute approximate surface area is 145 Å². The summed E-state index contributed by atoms with van der Waals surface area (Å²) in [6, 6.07) is 15.6. The number of fused-ring (bicyclic) bond motifs is 1. The fourth-order valence-corrected chi connectivity index (χ4v) is 3.10. The van der Waals surface area contributed by atoms with E-state index in [1.54, 1.807) is 6.07 Å². The minimum absolute atomic E-state index is 0.102. The summed E-state index contributed by atoms with van der Waals surface area (Å²) in [5, 5.41) is 11.4. The molecule has 6 nitrogen and oxygen atoms in total. The van der Waals surface area contributed by atoms with E-state index >= 15 is 0 Å². The Hall–Kier alpha value is -2.73. The lowest BCUT2D eigenvalue weighted by Gasteiger charge is -2.10. The molecule has 0 spiro atoms. The Morgan fingerprint density at radius 1 is 1.24 bits per heavy atom. The van der Waals surface area contributed by atoms with Gasteiger partial charge in [-0.05, 0) is 36.6 Å². The summed E-state index contributed by atoms with van der Waals surface area (Å²) in [4.78, 5) is 12.3. The van der Waals surface area contributed by atoms with Gasteiger partial charge >= 0.3 is 0 Å². The molecule has 1 atom stereocenters. The highest BCUT2D eigenvalue weighted by molar-refractivity contribution is 5.97. The molecule has 0 aliphatic carbocycles. The van der Waals surface area contributed by atoms with Crippen molar-refractivity contribution in [1.82, 2.24) is 20.3 Å². The number of nitrogens with zero attached hydrogens (tertiary/aromatic N) is 3. The van der Waals surface area contributed by atoms with Gasteiger partial charge < -0.3 is 10.1 Å². The summed E-state index contributed by atoms with van der Waals surface area (Å²) in [5.74, 6) is -0.102. The quantitative estimate of drug-likeness (QED) is 0.777. The number of amides is 1. The van der Waals surface area contributed by atoms with Crippen LogP contribution < -0.4 is 5.32 Å². The topological polar surface area (TPSA) is 69.0 Å². The van der Waals surface area contributed by atoms with E-state index < -0.39 is 0 Å². The van der Waals surface area contributed by atoms with E-state index in [9.17, 15) is 4.79 Å². The summed E-state index contributed by atoms with van der Waals surface area (Å²) in [6.45, 7) is 2.00. The number of rotatable bonds is 5. The van der Waals surface area contributed by atoms with Crippen molar-refractivity contribution in [3.63, 3.8) is 0 Å². The number of carbonyl (C=O) groups excluding carboxylic acids is 1. The molecule has 6 heteroatoms. The number of carbonyl (C=O) groups is 1. The van der Waals surface area contributed by atoms with Gasteiger partial charge in [0.15, 0.2) is 0 Å². The maximum absolute atomic E-state index is 12.3. The number of benzene rings is 2. The zero-order valence-electron chi connectivity index (χ0n) is 13.9. The summed E-state index contributed by atoms with van der Waals surface area (Å²) < 4.78 is 7.37. The highest BCUT2D eigenvalue weighted by atomic mass is 16.5. The lowest BCUT2D eigenvalue weighted by molar-refractivity contribution is 0.0858. The van der Waals surface area contributed by atoms with Crippen molar-refractivity contribution in [2.45, 2.75) is 25.5 Å². The SMILES string of the molecule is O=C(NC[C@@H]1CCCO1)c1ccc2c(c1)nnn2Cc1ccccc1. The second-order valence-corrected chi connectivity index (χ2v) is 6.28. The van der Waals surface area contributed by atoms with Gasteiger partial charge in [-0.3, -0.25) is 4.79 Å². The van der Waals surface area contributed by atoms with Crippen LogP contribution in [0, 0.1) is 0 Å². The lowest BCUT2D eigenvalue weighted by Crippen LogP contribution is -2.31. The number of hydrogen-bond acceptors (Lipinski definition) is 4. The molecule has 1 fully saturated rings. The zero-order chi connectivity index (χ0) is 17.1. The molecule has 0 unspecified atom stereocenters. The average Bonchev–Trinajstić information content (AvgIpc) is 3.30. The predicted molar refractivity (Wildman–Crippen MR) is 94.4 cm³/mol. The fraction of sp³-hybridized carbons (Fsp3) is 0.316. The number of ether oxygens (including phenoxy) is 1. The second kappa shape index (κ2) is 7.03. The Bertz CT molecular complexity index is 870. The molecule has 1 aliphatic rings. The van der Waals surface area contributed by atoms with Crippen molar-refractivity contribution in [2.75, 3.05) is 13.2 Å².